The minimum absolute atomic E-state index is 0.0528. The number of aryl methyl sites for hydroxylation is 1. The van der Waals surface area contributed by atoms with Crippen LogP contribution in [0.4, 0.5) is 0 Å². The fourth-order valence-corrected chi connectivity index (χ4v) is 2.79. The number of halogens is 2. The Morgan fingerprint density at radius 3 is 2.48 bits per heavy atom. The van der Waals surface area contributed by atoms with Crippen LogP contribution >= 0.6 is 23.2 Å². The average molecular weight is 325 g/mol. The van der Waals surface area contributed by atoms with Crippen molar-refractivity contribution in [3.05, 3.63) is 46.0 Å². The Kier molecular flexibility index (Phi) is 4.74. The largest absolute Gasteiger partial charge is 0.273 e. The number of hydrogen-bond acceptors (Lipinski definition) is 2. The summed E-state index contributed by atoms with van der Waals surface area (Å²) in [4.78, 5) is 12.1. The molecule has 5 heteroatoms. The van der Waals surface area contributed by atoms with Gasteiger partial charge in [-0.3, -0.25) is 4.79 Å². The minimum atomic E-state index is -0.153. The summed E-state index contributed by atoms with van der Waals surface area (Å²) in [5, 5.41) is 4.00. The van der Waals surface area contributed by atoms with Crippen molar-refractivity contribution in [2.45, 2.75) is 20.8 Å². The van der Waals surface area contributed by atoms with Gasteiger partial charge in [0.2, 0.25) is 5.91 Å². The quantitative estimate of drug-likeness (QED) is 0.659. The van der Waals surface area contributed by atoms with Crippen molar-refractivity contribution in [3.63, 3.8) is 0 Å². The van der Waals surface area contributed by atoms with Crippen molar-refractivity contribution in [2.24, 2.45) is 22.4 Å². The van der Waals surface area contributed by atoms with E-state index in [1.807, 2.05) is 45.0 Å². The predicted octanol–water partition coefficient (Wildman–Crippen LogP) is 4.04. The topological polar surface area (TPSA) is 41.5 Å². The molecule has 1 aliphatic rings. The second kappa shape index (κ2) is 6.20. The molecule has 0 aromatic heterocycles. The number of benzene rings is 1. The lowest BCUT2D eigenvalue weighted by atomic mass is 10.1. The van der Waals surface area contributed by atoms with Gasteiger partial charge in [-0.2, -0.15) is 5.10 Å². The number of hydrogen-bond donors (Lipinski definition) is 1. The molecule has 0 radical (unpaired) electrons. The van der Waals surface area contributed by atoms with E-state index in [4.69, 9.17) is 23.2 Å². The van der Waals surface area contributed by atoms with E-state index in [9.17, 15) is 4.79 Å². The molecule has 1 amide bonds. The predicted molar refractivity (Wildman–Crippen MR) is 87.5 cm³/mol. The first-order valence-corrected chi connectivity index (χ1v) is 7.50. The third kappa shape index (κ3) is 3.86. The fourth-order valence-electron chi connectivity index (χ4n) is 2.52. The number of nitrogens with zero attached hydrogens (tertiary/aromatic N) is 1. The van der Waals surface area contributed by atoms with E-state index in [0.29, 0.717) is 0 Å². The van der Waals surface area contributed by atoms with Gasteiger partial charge >= 0.3 is 0 Å². The highest BCUT2D eigenvalue weighted by Gasteiger charge is 2.60. The SMILES string of the molecule is Cc1ccc(/C=N\NC(=O)[C@H]2[C@@H](C=C(Cl)Cl)C2(C)C)cc1. The van der Waals surface area contributed by atoms with Crippen molar-refractivity contribution in [1.82, 2.24) is 5.43 Å². The van der Waals surface area contributed by atoms with Crippen LogP contribution in [0.2, 0.25) is 0 Å². The third-order valence-corrected chi connectivity index (χ3v) is 4.22. The molecule has 2 rings (SSSR count). The molecule has 1 aliphatic carbocycles. The van der Waals surface area contributed by atoms with Gasteiger partial charge in [0.25, 0.3) is 0 Å². The highest BCUT2D eigenvalue weighted by atomic mass is 35.5. The molecule has 1 aromatic rings. The van der Waals surface area contributed by atoms with Crippen LogP contribution in [-0.4, -0.2) is 12.1 Å². The Morgan fingerprint density at radius 2 is 1.90 bits per heavy atom. The molecule has 0 bridgehead atoms. The fraction of sp³-hybridized carbons (Fsp3) is 0.375. The highest BCUT2D eigenvalue weighted by molar-refractivity contribution is 6.55. The van der Waals surface area contributed by atoms with Gasteiger partial charge < -0.3 is 0 Å². The normalized spacial score (nSPS) is 22.9. The maximum absolute atomic E-state index is 12.1. The lowest BCUT2D eigenvalue weighted by Gasteiger charge is -2.01. The molecule has 0 spiro atoms. The number of amides is 1. The first-order valence-electron chi connectivity index (χ1n) is 6.75. The molecule has 21 heavy (non-hydrogen) atoms. The van der Waals surface area contributed by atoms with Crippen LogP contribution in [0.3, 0.4) is 0 Å². The Hall–Kier alpha value is -1.32. The summed E-state index contributed by atoms with van der Waals surface area (Å²) < 4.78 is 0.200. The molecule has 2 atom stereocenters. The molecular weight excluding hydrogens is 307 g/mol. The van der Waals surface area contributed by atoms with Crippen LogP contribution in [0.5, 0.6) is 0 Å². The number of nitrogens with one attached hydrogen (secondary N) is 1. The Labute approximate surface area is 135 Å². The highest BCUT2D eigenvalue weighted by Crippen LogP contribution is 2.59. The third-order valence-electron chi connectivity index (χ3n) is 3.96. The van der Waals surface area contributed by atoms with E-state index in [2.05, 4.69) is 10.5 Å². The molecule has 3 nitrogen and oxygen atoms in total. The Bertz CT molecular complexity index is 587. The minimum Gasteiger partial charge on any atom is -0.273 e. The van der Waals surface area contributed by atoms with Gasteiger partial charge in [-0.15, -0.1) is 0 Å². The summed E-state index contributed by atoms with van der Waals surface area (Å²) in [7, 11) is 0. The van der Waals surface area contributed by atoms with Crippen molar-refractivity contribution in [3.8, 4) is 0 Å². The van der Waals surface area contributed by atoms with Gasteiger partial charge in [0.1, 0.15) is 4.49 Å². The molecule has 1 N–H and O–H groups in total. The number of carbonyl (C=O) groups excluding carboxylic acids is 1. The first-order chi connectivity index (χ1) is 9.82. The standard InChI is InChI=1S/C16H18Cl2N2O/c1-10-4-6-11(7-5-10)9-19-20-15(21)14-12(8-13(17)18)16(14,2)3/h4-9,12,14H,1-3H3,(H,20,21)/b19-9-/t12-,14-/m1/s1. The van der Waals surface area contributed by atoms with Crippen LogP contribution in [-0.2, 0) is 4.79 Å². The first kappa shape index (κ1) is 16.1. The lowest BCUT2D eigenvalue weighted by Crippen LogP contribution is -2.21. The van der Waals surface area contributed by atoms with Crippen molar-refractivity contribution < 1.29 is 4.79 Å². The summed E-state index contributed by atoms with van der Waals surface area (Å²) in [5.74, 6) is -0.212. The van der Waals surface area contributed by atoms with Crippen LogP contribution in [0, 0.1) is 24.2 Å². The number of hydrazone groups is 1. The van der Waals surface area contributed by atoms with E-state index in [0.717, 1.165) is 5.56 Å². The molecule has 1 saturated carbocycles. The molecule has 0 aliphatic heterocycles. The Balaban J connectivity index is 1.94. The number of rotatable bonds is 4. The van der Waals surface area contributed by atoms with Gasteiger partial charge in [0.15, 0.2) is 0 Å². The number of allylic oxidation sites excluding steroid dienone is 1. The van der Waals surface area contributed by atoms with Crippen LogP contribution in [0.15, 0.2) is 39.9 Å². The summed E-state index contributed by atoms with van der Waals surface area (Å²) in [5.41, 5.74) is 4.57. The van der Waals surface area contributed by atoms with Gasteiger partial charge in [0.05, 0.1) is 12.1 Å². The monoisotopic (exact) mass is 324 g/mol. The van der Waals surface area contributed by atoms with Gasteiger partial charge in [-0.05, 0) is 29.9 Å². The maximum Gasteiger partial charge on any atom is 0.244 e. The summed E-state index contributed by atoms with van der Waals surface area (Å²) in [6, 6.07) is 7.89. The van der Waals surface area contributed by atoms with E-state index in [-0.39, 0.29) is 27.6 Å². The number of carbonyl (C=O) groups is 1. The molecule has 0 unspecified atom stereocenters. The summed E-state index contributed by atoms with van der Waals surface area (Å²) in [6.07, 6.45) is 3.35. The molecule has 1 aromatic carbocycles. The summed E-state index contributed by atoms with van der Waals surface area (Å²) >= 11 is 11.3. The zero-order chi connectivity index (χ0) is 15.6. The molecular formula is C16H18Cl2N2O. The zero-order valence-electron chi connectivity index (χ0n) is 12.2. The van der Waals surface area contributed by atoms with Crippen molar-refractivity contribution in [2.75, 3.05) is 0 Å². The second-order valence-corrected chi connectivity index (χ2v) is 6.93. The van der Waals surface area contributed by atoms with Gasteiger partial charge in [-0.1, -0.05) is 66.9 Å². The van der Waals surface area contributed by atoms with Crippen LogP contribution in [0.1, 0.15) is 25.0 Å². The summed E-state index contributed by atoms with van der Waals surface area (Å²) in [6.45, 7) is 6.05. The maximum atomic E-state index is 12.1. The zero-order valence-corrected chi connectivity index (χ0v) is 13.7. The van der Waals surface area contributed by atoms with Gasteiger partial charge in [-0.25, -0.2) is 5.43 Å². The average Bonchev–Trinajstić information content (AvgIpc) is 2.92. The van der Waals surface area contributed by atoms with Crippen molar-refractivity contribution >= 4 is 35.3 Å². The lowest BCUT2D eigenvalue weighted by molar-refractivity contribution is -0.123. The molecule has 0 heterocycles. The van der Waals surface area contributed by atoms with E-state index < -0.39 is 0 Å². The smallest absolute Gasteiger partial charge is 0.244 e. The molecule has 0 saturated heterocycles. The van der Waals surface area contributed by atoms with E-state index in [1.165, 1.54) is 5.56 Å². The van der Waals surface area contributed by atoms with Crippen LogP contribution < -0.4 is 5.43 Å². The van der Waals surface area contributed by atoms with E-state index in [1.54, 1.807) is 12.3 Å². The second-order valence-electron chi connectivity index (χ2n) is 5.93. The molecule has 1 fully saturated rings. The van der Waals surface area contributed by atoms with Gasteiger partial charge in [0, 0.05) is 0 Å². The van der Waals surface area contributed by atoms with Crippen molar-refractivity contribution in [1.29, 1.82) is 0 Å². The van der Waals surface area contributed by atoms with E-state index >= 15 is 0 Å². The Morgan fingerprint density at radius 1 is 1.29 bits per heavy atom. The molecule has 112 valence electrons. The van der Waals surface area contributed by atoms with Crippen LogP contribution in [0.25, 0.3) is 0 Å².